The fourth-order valence-electron chi connectivity index (χ4n) is 2.96. The third kappa shape index (κ3) is 7.01. The van der Waals surface area contributed by atoms with Gasteiger partial charge in [0, 0.05) is 6.42 Å². The van der Waals surface area contributed by atoms with Gasteiger partial charge in [-0.2, -0.15) is 0 Å². The second-order valence-electron chi connectivity index (χ2n) is 7.91. The molecule has 8 heteroatoms. The molecule has 0 saturated heterocycles. The van der Waals surface area contributed by atoms with Crippen LogP contribution >= 0.6 is 0 Å². The molecule has 0 aromatic heterocycles. The van der Waals surface area contributed by atoms with Gasteiger partial charge in [0.15, 0.2) is 0 Å². The van der Waals surface area contributed by atoms with Crippen LogP contribution in [-0.2, 0) is 32.1 Å². The molecule has 172 valence electrons. The van der Waals surface area contributed by atoms with Gasteiger partial charge < -0.3 is 24.6 Å². The summed E-state index contributed by atoms with van der Waals surface area (Å²) in [7, 11) is 1.53. The van der Waals surface area contributed by atoms with Crippen LogP contribution in [0.15, 0.2) is 54.6 Å². The molecule has 0 radical (unpaired) electrons. The summed E-state index contributed by atoms with van der Waals surface area (Å²) in [5.74, 6) is -1.88. The smallest absolute Gasteiger partial charge is 0.408 e. The number of alkyl carbamates (subject to hydrolysis) is 1. The van der Waals surface area contributed by atoms with E-state index < -0.39 is 29.7 Å². The van der Waals surface area contributed by atoms with Crippen molar-refractivity contribution in [3.8, 4) is 5.75 Å². The highest BCUT2D eigenvalue weighted by Gasteiger charge is 2.40. The third-order valence-electron chi connectivity index (χ3n) is 4.89. The average molecular weight is 443 g/mol. The van der Waals surface area contributed by atoms with E-state index in [1.807, 2.05) is 18.2 Å². The maximum Gasteiger partial charge on any atom is 0.408 e. The zero-order chi connectivity index (χ0) is 23.7. The minimum Gasteiger partial charge on any atom is -0.497 e. The van der Waals surface area contributed by atoms with Gasteiger partial charge in [-0.3, -0.25) is 0 Å². The normalized spacial score (nSPS) is 13.5. The van der Waals surface area contributed by atoms with Crippen molar-refractivity contribution >= 4 is 18.0 Å². The van der Waals surface area contributed by atoms with Crippen molar-refractivity contribution in [2.75, 3.05) is 7.11 Å². The Morgan fingerprint density at radius 2 is 1.62 bits per heavy atom. The summed E-state index contributed by atoms with van der Waals surface area (Å²) in [6.45, 7) is 4.79. The Hall–Kier alpha value is -3.55. The highest BCUT2D eigenvalue weighted by Crippen LogP contribution is 2.22. The Morgan fingerprint density at radius 1 is 1.00 bits per heavy atom. The van der Waals surface area contributed by atoms with Crippen LogP contribution in [0.1, 0.15) is 31.9 Å². The highest BCUT2D eigenvalue weighted by molar-refractivity contribution is 5.86. The number of hydrogen-bond acceptors (Lipinski definition) is 6. The number of carbonyl (C=O) groups excluding carboxylic acids is 2. The van der Waals surface area contributed by atoms with Crippen molar-refractivity contribution in [1.29, 1.82) is 0 Å². The summed E-state index contributed by atoms with van der Waals surface area (Å²) in [6.07, 6.45) is -0.849. The van der Waals surface area contributed by atoms with Gasteiger partial charge >= 0.3 is 18.0 Å². The topological polar surface area (TPSA) is 111 Å². The molecule has 2 atom stereocenters. The van der Waals surface area contributed by atoms with Crippen LogP contribution in [-0.4, -0.2) is 41.9 Å². The minimum absolute atomic E-state index is 0.0385. The van der Waals surface area contributed by atoms with Gasteiger partial charge in [-0.15, -0.1) is 0 Å². The molecule has 32 heavy (non-hydrogen) atoms. The number of esters is 1. The van der Waals surface area contributed by atoms with Gasteiger partial charge in [0.1, 0.15) is 18.4 Å². The first-order valence-electron chi connectivity index (χ1n) is 10.2. The Labute approximate surface area is 187 Å². The summed E-state index contributed by atoms with van der Waals surface area (Å²) >= 11 is 0. The van der Waals surface area contributed by atoms with Crippen molar-refractivity contribution in [3.05, 3.63) is 65.7 Å². The van der Waals surface area contributed by atoms with E-state index in [4.69, 9.17) is 14.2 Å². The molecule has 0 saturated carbocycles. The number of carboxylic acid groups (broad SMARTS) is 1. The molecule has 0 bridgehead atoms. The molecule has 0 fully saturated rings. The molecule has 0 aliphatic carbocycles. The van der Waals surface area contributed by atoms with Crippen LogP contribution in [0.5, 0.6) is 5.75 Å². The molecule has 8 nitrogen and oxygen atoms in total. The molecule has 2 rings (SSSR count). The molecule has 2 aromatic rings. The Bertz CT molecular complexity index is 912. The van der Waals surface area contributed by atoms with Gasteiger partial charge in [-0.1, -0.05) is 56.3 Å². The van der Waals surface area contributed by atoms with E-state index in [-0.39, 0.29) is 18.9 Å². The first kappa shape index (κ1) is 24.7. The summed E-state index contributed by atoms with van der Waals surface area (Å²) in [6, 6.07) is 14.8. The van der Waals surface area contributed by atoms with Gasteiger partial charge in [0.2, 0.25) is 5.60 Å². The number of ether oxygens (including phenoxy) is 3. The van der Waals surface area contributed by atoms with Gasteiger partial charge in [0.05, 0.1) is 7.11 Å². The van der Waals surface area contributed by atoms with E-state index in [1.165, 1.54) is 14.0 Å². The van der Waals surface area contributed by atoms with Crippen LogP contribution in [0.2, 0.25) is 0 Å². The third-order valence-corrected chi connectivity index (χ3v) is 4.89. The predicted octanol–water partition coefficient (Wildman–Crippen LogP) is 3.58. The first-order valence-corrected chi connectivity index (χ1v) is 10.2. The highest BCUT2D eigenvalue weighted by atomic mass is 16.6. The molecule has 0 spiro atoms. The number of methoxy groups -OCH3 is 1. The number of amides is 1. The zero-order valence-corrected chi connectivity index (χ0v) is 18.7. The monoisotopic (exact) mass is 443 g/mol. The fraction of sp³-hybridized carbons (Fsp3) is 0.375. The van der Waals surface area contributed by atoms with Crippen LogP contribution in [0.4, 0.5) is 4.79 Å². The number of rotatable bonds is 10. The van der Waals surface area contributed by atoms with E-state index in [0.717, 1.165) is 5.56 Å². The largest absolute Gasteiger partial charge is 0.497 e. The lowest BCUT2D eigenvalue weighted by Gasteiger charge is -2.29. The second kappa shape index (κ2) is 11.2. The average Bonchev–Trinajstić information content (AvgIpc) is 2.76. The van der Waals surface area contributed by atoms with E-state index in [2.05, 4.69) is 5.32 Å². The summed E-state index contributed by atoms with van der Waals surface area (Å²) in [4.78, 5) is 37.0. The maximum atomic E-state index is 12.8. The summed E-state index contributed by atoms with van der Waals surface area (Å²) in [5, 5.41) is 12.2. The SMILES string of the molecule is COc1ccc(CC(C)(OC(=O)[C@@H](NC(=O)OCc2ccccc2)C(C)C)C(=O)O)cc1. The van der Waals surface area contributed by atoms with Crippen LogP contribution < -0.4 is 10.1 Å². The second-order valence-corrected chi connectivity index (χ2v) is 7.91. The number of hydrogen-bond donors (Lipinski definition) is 2. The Balaban J connectivity index is 2.05. The Kier molecular flexibility index (Phi) is 8.63. The summed E-state index contributed by atoms with van der Waals surface area (Å²) in [5.41, 5.74) is -0.377. The summed E-state index contributed by atoms with van der Waals surface area (Å²) < 4.78 is 15.7. The lowest BCUT2D eigenvalue weighted by Crippen LogP contribution is -2.51. The fourth-order valence-corrected chi connectivity index (χ4v) is 2.96. The number of carboxylic acids is 1. The Morgan fingerprint density at radius 3 is 2.16 bits per heavy atom. The molecular formula is C24H29NO7. The zero-order valence-electron chi connectivity index (χ0n) is 18.7. The van der Waals surface area contributed by atoms with Crippen molar-refractivity contribution in [2.24, 2.45) is 5.92 Å². The quantitative estimate of drug-likeness (QED) is 0.540. The van der Waals surface area contributed by atoms with Crippen LogP contribution in [0.25, 0.3) is 0 Å². The van der Waals surface area contributed by atoms with E-state index in [0.29, 0.717) is 11.3 Å². The first-order chi connectivity index (χ1) is 15.1. The molecule has 0 heterocycles. The number of benzene rings is 2. The number of nitrogens with one attached hydrogen (secondary N) is 1. The standard InChI is InChI=1S/C24H29NO7/c1-16(2)20(25-23(29)31-15-18-8-6-5-7-9-18)21(26)32-24(3,22(27)28)14-17-10-12-19(30-4)13-11-17/h5-13,16,20H,14-15H2,1-4H3,(H,25,29)(H,27,28)/t20-,24?/m0/s1. The molecular weight excluding hydrogens is 414 g/mol. The molecule has 1 unspecified atom stereocenters. The number of carbonyl (C=O) groups is 3. The van der Waals surface area contributed by atoms with Gasteiger partial charge in [-0.25, -0.2) is 14.4 Å². The van der Waals surface area contributed by atoms with Gasteiger partial charge in [0.25, 0.3) is 0 Å². The van der Waals surface area contributed by atoms with E-state index >= 15 is 0 Å². The molecule has 1 amide bonds. The molecule has 0 aliphatic heterocycles. The van der Waals surface area contributed by atoms with Crippen molar-refractivity contribution in [2.45, 2.75) is 45.4 Å². The van der Waals surface area contributed by atoms with Crippen molar-refractivity contribution in [3.63, 3.8) is 0 Å². The molecule has 0 aliphatic rings. The van der Waals surface area contributed by atoms with Crippen LogP contribution in [0, 0.1) is 5.92 Å². The van der Waals surface area contributed by atoms with Crippen molar-refractivity contribution < 1.29 is 33.7 Å². The lowest BCUT2D eigenvalue weighted by molar-refractivity contribution is -0.178. The van der Waals surface area contributed by atoms with Crippen LogP contribution in [0.3, 0.4) is 0 Å². The van der Waals surface area contributed by atoms with Gasteiger partial charge in [-0.05, 0) is 36.1 Å². The lowest BCUT2D eigenvalue weighted by atomic mass is 9.95. The van der Waals surface area contributed by atoms with E-state index in [9.17, 15) is 19.5 Å². The number of aliphatic carboxylic acids is 1. The molecule has 2 N–H and O–H groups in total. The molecule has 2 aromatic carbocycles. The predicted molar refractivity (Wildman–Crippen MR) is 117 cm³/mol. The maximum absolute atomic E-state index is 12.8. The van der Waals surface area contributed by atoms with E-state index in [1.54, 1.807) is 50.2 Å². The minimum atomic E-state index is -1.82. The van der Waals surface area contributed by atoms with Crippen molar-refractivity contribution in [1.82, 2.24) is 5.32 Å².